The minimum atomic E-state index is 0.395. The summed E-state index contributed by atoms with van der Waals surface area (Å²) in [5, 5.41) is 8.46. The van der Waals surface area contributed by atoms with Gasteiger partial charge in [0.05, 0.1) is 17.8 Å². The molecule has 3 unspecified atom stereocenters. The van der Waals surface area contributed by atoms with E-state index in [2.05, 4.69) is 37.7 Å². The van der Waals surface area contributed by atoms with Crippen LogP contribution < -0.4 is 5.32 Å². The second-order valence-electron chi connectivity index (χ2n) is 6.23. The lowest BCUT2D eigenvalue weighted by Crippen LogP contribution is -2.26. The number of rotatable bonds is 6. The highest BCUT2D eigenvalue weighted by molar-refractivity contribution is 5.28. The van der Waals surface area contributed by atoms with E-state index in [0.29, 0.717) is 18.2 Å². The molecule has 0 aromatic carbocycles. The number of methoxy groups -OCH3 is 1. The number of aryl methyl sites for hydroxylation is 1. The zero-order valence-corrected chi connectivity index (χ0v) is 14.3. The third kappa shape index (κ3) is 3.49. The standard InChI is InChI=1S/C17H31N3O/c1-6-16(18-7-2)17-12(3)19-20(13(17)4)14-9-8-10-15(11-14)21-5/h14-16,18H,6-11H2,1-5H3. The minimum Gasteiger partial charge on any atom is -0.381 e. The second kappa shape index (κ2) is 7.41. The third-order valence-corrected chi connectivity index (χ3v) is 4.87. The summed E-state index contributed by atoms with van der Waals surface area (Å²) >= 11 is 0. The lowest BCUT2D eigenvalue weighted by Gasteiger charge is -2.29. The van der Waals surface area contributed by atoms with Crippen LogP contribution in [0.2, 0.25) is 0 Å². The highest BCUT2D eigenvalue weighted by Crippen LogP contribution is 2.33. The predicted molar refractivity (Wildman–Crippen MR) is 86.7 cm³/mol. The smallest absolute Gasteiger partial charge is 0.0644 e. The van der Waals surface area contributed by atoms with E-state index < -0.39 is 0 Å². The van der Waals surface area contributed by atoms with Gasteiger partial charge in [0.1, 0.15) is 0 Å². The summed E-state index contributed by atoms with van der Waals surface area (Å²) in [6.45, 7) is 9.78. The van der Waals surface area contributed by atoms with Crippen LogP contribution in [0.25, 0.3) is 0 Å². The maximum absolute atomic E-state index is 5.57. The Morgan fingerprint density at radius 1 is 1.33 bits per heavy atom. The number of aromatic nitrogens is 2. The first-order valence-electron chi connectivity index (χ1n) is 8.44. The minimum absolute atomic E-state index is 0.395. The van der Waals surface area contributed by atoms with Crippen LogP contribution in [0.4, 0.5) is 0 Å². The molecule has 0 spiro atoms. The molecule has 0 amide bonds. The van der Waals surface area contributed by atoms with Gasteiger partial charge >= 0.3 is 0 Å². The maximum Gasteiger partial charge on any atom is 0.0644 e. The first-order valence-corrected chi connectivity index (χ1v) is 8.44. The molecular formula is C17H31N3O. The van der Waals surface area contributed by atoms with Crippen molar-refractivity contribution in [3.05, 3.63) is 17.0 Å². The average molecular weight is 293 g/mol. The van der Waals surface area contributed by atoms with E-state index in [0.717, 1.165) is 19.4 Å². The summed E-state index contributed by atoms with van der Waals surface area (Å²) in [5.74, 6) is 0. The van der Waals surface area contributed by atoms with Crippen LogP contribution in [0, 0.1) is 13.8 Å². The first kappa shape index (κ1) is 16.5. The number of hydrogen-bond acceptors (Lipinski definition) is 3. The Bertz CT molecular complexity index is 455. The summed E-state index contributed by atoms with van der Waals surface area (Å²) in [4.78, 5) is 0. The molecule has 1 N–H and O–H groups in total. The molecule has 4 heteroatoms. The quantitative estimate of drug-likeness (QED) is 0.869. The molecule has 1 aromatic rings. The number of nitrogens with one attached hydrogen (secondary N) is 1. The molecule has 1 aromatic heterocycles. The van der Waals surface area contributed by atoms with Crippen LogP contribution in [0.1, 0.15) is 75.0 Å². The zero-order chi connectivity index (χ0) is 15.4. The normalized spacial score (nSPS) is 24.2. The van der Waals surface area contributed by atoms with Crippen molar-refractivity contribution in [2.75, 3.05) is 13.7 Å². The molecule has 120 valence electrons. The van der Waals surface area contributed by atoms with Crippen LogP contribution in [0.5, 0.6) is 0 Å². The Morgan fingerprint density at radius 3 is 2.71 bits per heavy atom. The maximum atomic E-state index is 5.57. The molecule has 0 aliphatic heterocycles. The molecule has 1 fully saturated rings. The summed E-state index contributed by atoms with van der Waals surface area (Å²) in [5.41, 5.74) is 3.92. The van der Waals surface area contributed by atoms with E-state index in [1.165, 1.54) is 36.2 Å². The molecule has 0 saturated heterocycles. The van der Waals surface area contributed by atoms with Crippen molar-refractivity contribution in [2.45, 2.75) is 78.0 Å². The Balaban J connectivity index is 2.25. The molecule has 4 nitrogen and oxygen atoms in total. The lowest BCUT2D eigenvalue weighted by atomic mass is 9.92. The second-order valence-corrected chi connectivity index (χ2v) is 6.23. The lowest BCUT2D eigenvalue weighted by molar-refractivity contribution is 0.0503. The number of nitrogens with zero attached hydrogens (tertiary/aromatic N) is 2. The van der Waals surface area contributed by atoms with Crippen molar-refractivity contribution < 1.29 is 4.74 Å². The van der Waals surface area contributed by atoms with Gasteiger partial charge in [0.2, 0.25) is 0 Å². The predicted octanol–water partition coefficient (Wildman–Crippen LogP) is 3.69. The Labute approximate surface area is 129 Å². The molecular weight excluding hydrogens is 262 g/mol. The monoisotopic (exact) mass is 293 g/mol. The van der Waals surface area contributed by atoms with Gasteiger partial charge in [0.15, 0.2) is 0 Å². The molecule has 1 heterocycles. The van der Waals surface area contributed by atoms with E-state index >= 15 is 0 Å². The van der Waals surface area contributed by atoms with Gasteiger partial charge in [0.25, 0.3) is 0 Å². The molecule has 3 atom stereocenters. The van der Waals surface area contributed by atoms with Crippen molar-refractivity contribution in [1.82, 2.24) is 15.1 Å². The molecule has 1 aliphatic rings. The zero-order valence-electron chi connectivity index (χ0n) is 14.3. The Kier molecular flexibility index (Phi) is 5.82. The molecule has 1 saturated carbocycles. The van der Waals surface area contributed by atoms with Crippen LogP contribution in [0.3, 0.4) is 0 Å². The van der Waals surface area contributed by atoms with Gasteiger partial charge in [0, 0.05) is 24.4 Å². The highest BCUT2D eigenvalue weighted by Gasteiger charge is 2.27. The highest BCUT2D eigenvalue weighted by atomic mass is 16.5. The number of hydrogen-bond donors (Lipinski definition) is 1. The SMILES string of the molecule is CCNC(CC)c1c(C)nn(C2CCCC(OC)C2)c1C. The van der Waals surface area contributed by atoms with E-state index in [-0.39, 0.29) is 0 Å². The first-order chi connectivity index (χ1) is 10.1. The molecule has 2 rings (SSSR count). The number of ether oxygens (including phenoxy) is 1. The largest absolute Gasteiger partial charge is 0.381 e. The Morgan fingerprint density at radius 2 is 2.10 bits per heavy atom. The summed E-state index contributed by atoms with van der Waals surface area (Å²) in [6.07, 6.45) is 6.24. The fraction of sp³-hybridized carbons (Fsp3) is 0.824. The van der Waals surface area contributed by atoms with Gasteiger partial charge in [-0.25, -0.2) is 0 Å². The fourth-order valence-corrected chi connectivity index (χ4v) is 3.79. The molecule has 0 radical (unpaired) electrons. The van der Waals surface area contributed by atoms with Gasteiger partial charge < -0.3 is 10.1 Å². The van der Waals surface area contributed by atoms with Crippen molar-refractivity contribution in [2.24, 2.45) is 0 Å². The van der Waals surface area contributed by atoms with E-state index in [9.17, 15) is 0 Å². The van der Waals surface area contributed by atoms with Gasteiger partial charge in [-0.1, -0.05) is 13.8 Å². The van der Waals surface area contributed by atoms with E-state index in [1.54, 1.807) is 0 Å². The summed E-state index contributed by atoms with van der Waals surface area (Å²) in [7, 11) is 1.83. The van der Waals surface area contributed by atoms with Crippen LogP contribution >= 0.6 is 0 Å². The van der Waals surface area contributed by atoms with Gasteiger partial charge in [-0.15, -0.1) is 0 Å². The van der Waals surface area contributed by atoms with E-state index in [4.69, 9.17) is 9.84 Å². The van der Waals surface area contributed by atoms with Gasteiger partial charge in [-0.2, -0.15) is 5.10 Å². The van der Waals surface area contributed by atoms with Crippen molar-refractivity contribution in [3.63, 3.8) is 0 Å². The summed E-state index contributed by atoms with van der Waals surface area (Å²) in [6, 6.07) is 0.917. The van der Waals surface area contributed by atoms with Crippen molar-refractivity contribution in [3.8, 4) is 0 Å². The van der Waals surface area contributed by atoms with Crippen LogP contribution in [0.15, 0.2) is 0 Å². The topological polar surface area (TPSA) is 39.1 Å². The van der Waals surface area contributed by atoms with E-state index in [1.807, 2.05) is 7.11 Å². The van der Waals surface area contributed by atoms with Crippen molar-refractivity contribution >= 4 is 0 Å². The molecule has 0 bridgehead atoms. The van der Waals surface area contributed by atoms with Crippen molar-refractivity contribution in [1.29, 1.82) is 0 Å². The van der Waals surface area contributed by atoms with Crippen LogP contribution in [-0.2, 0) is 4.74 Å². The van der Waals surface area contributed by atoms with Gasteiger partial charge in [-0.3, -0.25) is 4.68 Å². The van der Waals surface area contributed by atoms with Gasteiger partial charge in [-0.05, 0) is 52.5 Å². The third-order valence-electron chi connectivity index (χ3n) is 4.87. The molecule has 21 heavy (non-hydrogen) atoms. The fourth-order valence-electron chi connectivity index (χ4n) is 3.79. The molecule has 1 aliphatic carbocycles. The van der Waals surface area contributed by atoms with Crippen LogP contribution in [-0.4, -0.2) is 29.5 Å². The summed E-state index contributed by atoms with van der Waals surface area (Å²) < 4.78 is 7.85. The Hall–Kier alpha value is -0.870. The average Bonchev–Trinajstić information content (AvgIpc) is 2.80.